The summed E-state index contributed by atoms with van der Waals surface area (Å²) in [6.07, 6.45) is 3.31. The van der Waals surface area contributed by atoms with Crippen LogP contribution >= 0.6 is 45.5 Å². The van der Waals surface area contributed by atoms with Crippen molar-refractivity contribution in [3.63, 3.8) is 0 Å². The van der Waals surface area contributed by atoms with Gasteiger partial charge in [-0.2, -0.15) is 0 Å². The van der Waals surface area contributed by atoms with Crippen LogP contribution in [0.4, 0.5) is 5.82 Å². The van der Waals surface area contributed by atoms with E-state index in [1.807, 2.05) is 12.1 Å². The third-order valence-electron chi connectivity index (χ3n) is 1.73. The molecule has 6 heteroatoms. The maximum absolute atomic E-state index is 5.84. The summed E-state index contributed by atoms with van der Waals surface area (Å²) in [7, 11) is 0. The molecular formula is C9H7ClIN3S. The Morgan fingerprint density at radius 3 is 3.00 bits per heavy atom. The van der Waals surface area contributed by atoms with Gasteiger partial charge in [-0.1, -0.05) is 11.6 Å². The molecule has 0 amide bonds. The minimum atomic E-state index is 0.740. The molecule has 0 fully saturated rings. The third kappa shape index (κ3) is 3.02. The van der Waals surface area contributed by atoms with E-state index >= 15 is 0 Å². The highest BCUT2D eigenvalue weighted by molar-refractivity contribution is 14.1. The Kier molecular flexibility index (Phi) is 3.76. The first-order valence-corrected chi connectivity index (χ1v) is 6.46. The van der Waals surface area contributed by atoms with Gasteiger partial charge in [-0.3, -0.25) is 0 Å². The minimum absolute atomic E-state index is 0.740. The lowest BCUT2D eigenvalue weighted by atomic mass is 10.4. The van der Waals surface area contributed by atoms with Gasteiger partial charge in [0.1, 0.15) is 12.1 Å². The molecule has 0 spiro atoms. The van der Waals surface area contributed by atoms with Gasteiger partial charge in [-0.15, -0.1) is 11.3 Å². The first-order valence-electron chi connectivity index (χ1n) is 4.19. The van der Waals surface area contributed by atoms with E-state index in [-0.39, 0.29) is 0 Å². The van der Waals surface area contributed by atoms with Crippen molar-refractivity contribution < 1.29 is 0 Å². The second-order valence-corrected chi connectivity index (χ2v) is 5.74. The van der Waals surface area contributed by atoms with Gasteiger partial charge in [-0.05, 0) is 34.7 Å². The lowest BCUT2D eigenvalue weighted by molar-refractivity contribution is 1.09. The maximum Gasteiger partial charge on any atom is 0.143 e. The molecule has 0 bridgehead atoms. The molecule has 15 heavy (non-hydrogen) atoms. The van der Waals surface area contributed by atoms with Crippen molar-refractivity contribution in [3.8, 4) is 0 Å². The fourth-order valence-corrected chi connectivity index (χ4v) is 2.58. The maximum atomic E-state index is 5.84. The SMILES string of the molecule is Clc1ccc(CNc2ncncc2I)s1. The highest BCUT2D eigenvalue weighted by atomic mass is 127. The summed E-state index contributed by atoms with van der Waals surface area (Å²) in [4.78, 5) is 9.26. The van der Waals surface area contributed by atoms with Crippen molar-refractivity contribution in [2.45, 2.75) is 6.54 Å². The molecule has 0 saturated heterocycles. The smallest absolute Gasteiger partial charge is 0.143 e. The Morgan fingerprint density at radius 2 is 2.33 bits per heavy atom. The molecule has 2 aromatic rings. The lowest BCUT2D eigenvalue weighted by Gasteiger charge is -2.04. The molecule has 0 aliphatic heterocycles. The van der Waals surface area contributed by atoms with Crippen LogP contribution in [-0.2, 0) is 6.54 Å². The molecule has 0 aliphatic carbocycles. The molecular weight excluding hydrogens is 345 g/mol. The van der Waals surface area contributed by atoms with Crippen LogP contribution in [0, 0.1) is 3.57 Å². The fraction of sp³-hybridized carbons (Fsp3) is 0.111. The monoisotopic (exact) mass is 351 g/mol. The minimum Gasteiger partial charge on any atom is -0.364 e. The largest absolute Gasteiger partial charge is 0.364 e. The zero-order chi connectivity index (χ0) is 10.7. The summed E-state index contributed by atoms with van der Waals surface area (Å²) in [5, 5.41) is 3.24. The molecule has 2 rings (SSSR count). The number of hydrogen-bond acceptors (Lipinski definition) is 4. The normalized spacial score (nSPS) is 10.3. The summed E-state index contributed by atoms with van der Waals surface area (Å²) in [6, 6.07) is 3.90. The van der Waals surface area contributed by atoms with E-state index in [4.69, 9.17) is 11.6 Å². The van der Waals surface area contributed by atoms with Crippen LogP contribution in [-0.4, -0.2) is 9.97 Å². The van der Waals surface area contributed by atoms with Crippen LogP contribution in [0.5, 0.6) is 0 Å². The quantitative estimate of drug-likeness (QED) is 0.861. The Bertz CT molecular complexity index is 460. The number of aromatic nitrogens is 2. The van der Waals surface area contributed by atoms with E-state index in [0.29, 0.717) is 0 Å². The van der Waals surface area contributed by atoms with Gasteiger partial charge in [0.2, 0.25) is 0 Å². The number of nitrogens with zero attached hydrogens (tertiary/aromatic N) is 2. The van der Waals surface area contributed by atoms with Gasteiger partial charge >= 0.3 is 0 Å². The average Bonchev–Trinajstić information content (AvgIpc) is 2.63. The van der Waals surface area contributed by atoms with Gasteiger partial charge in [0.15, 0.2) is 0 Å². The van der Waals surface area contributed by atoms with Gasteiger partial charge < -0.3 is 5.32 Å². The number of hydrogen-bond donors (Lipinski definition) is 1. The summed E-state index contributed by atoms with van der Waals surface area (Å²) < 4.78 is 1.82. The molecule has 0 radical (unpaired) electrons. The molecule has 0 saturated carbocycles. The molecule has 2 heterocycles. The van der Waals surface area contributed by atoms with Crippen molar-refractivity contribution >= 4 is 51.3 Å². The fourth-order valence-electron chi connectivity index (χ4n) is 1.06. The number of anilines is 1. The molecule has 2 aromatic heterocycles. The van der Waals surface area contributed by atoms with Gasteiger partial charge in [-0.25, -0.2) is 9.97 Å². The molecule has 3 nitrogen and oxygen atoms in total. The predicted molar refractivity (Wildman–Crippen MR) is 71.4 cm³/mol. The van der Waals surface area contributed by atoms with E-state index in [0.717, 1.165) is 20.3 Å². The van der Waals surface area contributed by atoms with Crippen LogP contribution in [0.25, 0.3) is 0 Å². The second kappa shape index (κ2) is 5.09. The first kappa shape index (κ1) is 11.1. The van der Waals surface area contributed by atoms with Crippen LogP contribution in [0.15, 0.2) is 24.7 Å². The van der Waals surface area contributed by atoms with Crippen molar-refractivity contribution in [1.82, 2.24) is 9.97 Å². The van der Waals surface area contributed by atoms with Gasteiger partial charge in [0, 0.05) is 11.1 Å². The lowest BCUT2D eigenvalue weighted by Crippen LogP contribution is -2.01. The summed E-state index contributed by atoms with van der Waals surface area (Å²) >= 11 is 9.61. The molecule has 0 unspecified atom stereocenters. The molecule has 0 aliphatic rings. The Hall–Kier alpha value is -0.400. The molecule has 0 atom stereocenters. The third-order valence-corrected chi connectivity index (χ3v) is 3.75. The molecule has 78 valence electrons. The summed E-state index contributed by atoms with van der Waals surface area (Å²) in [5.74, 6) is 0.857. The zero-order valence-corrected chi connectivity index (χ0v) is 11.3. The predicted octanol–water partition coefficient (Wildman–Crippen LogP) is 3.41. The van der Waals surface area contributed by atoms with Crippen molar-refractivity contribution in [2.75, 3.05) is 5.32 Å². The molecule has 1 N–H and O–H groups in total. The highest BCUT2D eigenvalue weighted by Crippen LogP contribution is 2.22. The standard InChI is InChI=1S/C9H7ClIN3S/c10-8-2-1-6(15-8)3-13-9-7(11)4-12-5-14-9/h1-2,4-5H,3H2,(H,12,13,14). The van der Waals surface area contributed by atoms with Crippen molar-refractivity contribution in [2.24, 2.45) is 0 Å². The number of thiophene rings is 1. The summed E-state index contributed by atoms with van der Waals surface area (Å²) in [6.45, 7) is 0.740. The molecule has 0 aromatic carbocycles. The highest BCUT2D eigenvalue weighted by Gasteiger charge is 2.01. The Labute approximate surface area is 110 Å². The van der Waals surface area contributed by atoms with Crippen molar-refractivity contribution in [1.29, 1.82) is 0 Å². The number of nitrogens with one attached hydrogen (secondary N) is 1. The first-order chi connectivity index (χ1) is 7.25. The van der Waals surface area contributed by atoms with Crippen molar-refractivity contribution in [3.05, 3.63) is 37.4 Å². The van der Waals surface area contributed by atoms with E-state index < -0.39 is 0 Å². The zero-order valence-electron chi connectivity index (χ0n) is 7.58. The Balaban J connectivity index is 2.02. The average molecular weight is 352 g/mol. The van der Waals surface area contributed by atoms with Gasteiger partial charge in [0.25, 0.3) is 0 Å². The van der Waals surface area contributed by atoms with E-state index in [2.05, 4.69) is 37.9 Å². The summed E-state index contributed by atoms with van der Waals surface area (Å²) in [5.41, 5.74) is 0. The second-order valence-electron chi connectivity index (χ2n) is 2.78. The van der Waals surface area contributed by atoms with Crippen LogP contribution < -0.4 is 5.32 Å². The van der Waals surface area contributed by atoms with Crippen LogP contribution in [0.1, 0.15) is 4.88 Å². The number of halogens is 2. The van der Waals surface area contributed by atoms with Crippen LogP contribution in [0.2, 0.25) is 4.34 Å². The van der Waals surface area contributed by atoms with Gasteiger partial charge in [0.05, 0.1) is 14.5 Å². The van der Waals surface area contributed by atoms with E-state index in [1.165, 1.54) is 11.2 Å². The van der Waals surface area contributed by atoms with E-state index in [9.17, 15) is 0 Å². The number of rotatable bonds is 3. The van der Waals surface area contributed by atoms with Crippen LogP contribution in [0.3, 0.4) is 0 Å². The van der Waals surface area contributed by atoms with E-state index in [1.54, 1.807) is 17.5 Å². The topological polar surface area (TPSA) is 37.8 Å². The Morgan fingerprint density at radius 1 is 1.47 bits per heavy atom.